The average molecular weight is 371 g/mol. The Morgan fingerprint density at radius 2 is 2.10 bits per heavy atom. The number of amides is 1. The minimum atomic E-state index is -0.136. The molecule has 1 amide bonds. The first-order chi connectivity index (χ1) is 9.81. The Labute approximate surface area is 136 Å². The van der Waals surface area contributed by atoms with Crippen molar-refractivity contribution in [2.45, 2.75) is 40.2 Å². The third-order valence-electron chi connectivity index (χ3n) is 3.45. The first-order valence-corrected chi connectivity index (χ1v) is 8.35. The lowest BCUT2D eigenvalue weighted by Gasteiger charge is -2.07. The molecule has 1 N–H and O–H groups in total. The number of hydrogen-bond donors (Lipinski definition) is 1. The van der Waals surface area contributed by atoms with Crippen LogP contribution in [0.25, 0.3) is 0 Å². The smallest absolute Gasteiger partial charge is 0.271 e. The van der Waals surface area contributed by atoms with Crippen molar-refractivity contribution in [1.29, 1.82) is 0 Å². The number of rotatable bonds is 4. The maximum absolute atomic E-state index is 12.4. The second-order valence-electron chi connectivity index (χ2n) is 5.29. The van der Waals surface area contributed by atoms with E-state index < -0.39 is 0 Å². The number of aryl methyl sites for hydroxylation is 2. The van der Waals surface area contributed by atoms with Crippen LogP contribution in [0.2, 0.25) is 0 Å². The maximum Gasteiger partial charge on any atom is 0.271 e. The van der Waals surface area contributed by atoms with Crippen LogP contribution in [0, 0.1) is 13.8 Å². The molecule has 2 rings (SSSR count). The molecule has 0 atom stereocenters. The zero-order valence-corrected chi connectivity index (χ0v) is 15.2. The van der Waals surface area contributed by atoms with Crippen LogP contribution in [0.3, 0.4) is 0 Å². The summed E-state index contributed by atoms with van der Waals surface area (Å²) in [6.07, 6.45) is 0. The third kappa shape index (κ3) is 3.35. The van der Waals surface area contributed by atoms with E-state index in [0.717, 1.165) is 25.7 Å². The van der Waals surface area contributed by atoms with Gasteiger partial charge in [-0.3, -0.25) is 9.48 Å². The molecule has 2 aromatic heterocycles. The lowest BCUT2D eigenvalue weighted by molar-refractivity contribution is 0.0945. The Morgan fingerprint density at radius 1 is 1.43 bits per heavy atom. The molecule has 0 radical (unpaired) electrons. The maximum atomic E-state index is 12.4. The van der Waals surface area contributed by atoms with Crippen LogP contribution in [0.1, 0.15) is 52.1 Å². The first-order valence-electron chi connectivity index (χ1n) is 6.74. The van der Waals surface area contributed by atoms with Crippen LogP contribution in [-0.2, 0) is 13.6 Å². The van der Waals surface area contributed by atoms with Gasteiger partial charge >= 0.3 is 0 Å². The van der Waals surface area contributed by atoms with Crippen molar-refractivity contribution in [1.82, 2.24) is 20.1 Å². The molecule has 0 fully saturated rings. The van der Waals surface area contributed by atoms with Crippen LogP contribution < -0.4 is 5.32 Å². The molecular formula is C14H19BrN4OS. The van der Waals surface area contributed by atoms with Gasteiger partial charge in [-0.05, 0) is 35.7 Å². The van der Waals surface area contributed by atoms with Gasteiger partial charge in [-0.2, -0.15) is 5.10 Å². The summed E-state index contributed by atoms with van der Waals surface area (Å²) in [7, 11) is 1.90. The Hall–Kier alpha value is -1.21. The highest BCUT2D eigenvalue weighted by Crippen LogP contribution is 2.29. The molecule has 2 aromatic rings. The van der Waals surface area contributed by atoms with E-state index >= 15 is 0 Å². The largest absolute Gasteiger partial charge is 0.346 e. The number of nitrogens with zero attached hydrogens (tertiary/aromatic N) is 3. The highest BCUT2D eigenvalue weighted by molar-refractivity contribution is 9.11. The van der Waals surface area contributed by atoms with Crippen molar-refractivity contribution in [3.8, 4) is 0 Å². The molecule has 21 heavy (non-hydrogen) atoms. The van der Waals surface area contributed by atoms with Crippen molar-refractivity contribution < 1.29 is 4.79 Å². The summed E-state index contributed by atoms with van der Waals surface area (Å²) in [5.41, 5.74) is 3.59. The molecule has 0 spiro atoms. The predicted molar refractivity (Wildman–Crippen MR) is 87.8 cm³/mol. The fraction of sp³-hybridized carbons (Fsp3) is 0.500. The van der Waals surface area contributed by atoms with Gasteiger partial charge in [0, 0.05) is 29.7 Å². The van der Waals surface area contributed by atoms with Gasteiger partial charge in [-0.15, -0.1) is 11.3 Å². The normalized spacial score (nSPS) is 11.2. The number of carbonyl (C=O) groups is 1. The number of halogens is 1. The van der Waals surface area contributed by atoms with Crippen LogP contribution in [-0.4, -0.2) is 20.7 Å². The molecule has 0 saturated carbocycles. The summed E-state index contributed by atoms with van der Waals surface area (Å²) < 4.78 is 2.57. The molecule has 5 nitrogen and oxygen atoms in total. The molecule has 0 aromatic carbocycles. The van der Waals surface area contributed by atoms with Crippen molar-refractivity contribution in [3.63, 3.8) is 0 Å². The van der Waals surface area contributed by atoms with Gasteiger partial charge in [0.1, 0.15) is 5.69 Å². The van der Waals surface area contributed by atoms with Crippen LogP contribution in [0.5, 0.6) is 0 Å². The Balaban J connectivity index is 2.16. The van der Waals surface area contributed by atoms with Gasteiger partial charge in [0.15, 0.2) is 3.92 Å². The lowest BCUT2D eigenvalue weighted by atomic mass is 10.1. The molecular weight excluding hydrogens is 352 g/mol. The van der Waals surface area contributed by atoms with Crippen molar-refractivity contribution >= 4 is 33.2 Å². The Bertz CT molecular complexity index is 675. The molecule has 0 aliphatic heterocycles. The van der Waals surface area contributed by atoms with Crippen LogP contribution in [0.15, 0.2) is 3.92 Å². The lowest BCUT2D eigenvalue weighted by Crippen LogP contribution is -2.25. The summed E-state index contributed by atoms with van der Waals surface area (Å²) in [4.78, 5) is 17.7. The van der Waals surface area contributed by atoms with E-state index in [2.05, 4.69) is 45.2 Å². The van der Waals surface area contributed by atoms with Crippen molar-refractivity contribution in [2.75, 3.05) is 0 Å². The van der Waals surface area contributed by atoms with Gasteiger partial charge in [0.05, 0.1) is 5.69 Å². The van der Waals surface area contributed by atoms with E-state index in [9.17, 15) is 4.79 Å². The summed E-state index contributed by atoms with van der Waals surface area (Å²) in [5, 5.41) is 7.31. The van der Waals surface area contributed by atoms with E-state index in [1.807, 2.05) is 25.6 Å². The highest BCUT2D eigenvalue weighted by atomic mass is 79.9. The number of aromatic nitrogens is 3. The van der Waals surface area contributed by atoms with Crippen LogP contribution in [0.4, 0.5) is 0 Å². The molecule has 7 heteroatoms. The molecule has 0 aliphatic rings. The van der Waals surface area contributed by atoms with Crippen molar-refractivity contribution in [3.05, 3.63) is 31.4 Å². The van der Waals surface area contributed by atoms with E-state index in [0.29, 0.717) is 12.2 Å². The van der Waals surface area contributed by atoms with Gasteiger partial charge in [-0.1, -0.05) is 13.8 Å². The van der Waals surface area contributed by atoms with Gasteiger partial charge in [-0.25, -0.2) is 4.98 Å². The number of nitrogens with one attached hydrogen (secondary N) is 1. The summed E-state index contributed by atoms with van der Waals surface area (Å²) >= 11 is 4.87. The zero-order chi connectivity index (χ0) is 15.7. The van der Waals surface area contributed by atoms with Gasteiger partial charge < -0.3 is 5.32 Å². The summed E-state index contributed by atoms with van der Waals surface area (Å²) in [5.74, 6) is 0.139. The van der Waals surface area contributed by atoms with Crippen LogP contribution >= 0.6 is 27.3 Å². The molecule has 2 heterocycles. The van der Waals surface area contributed by atoms with E-state index in [1.165, 1.54) is 11.3 Å². The molecule has 0 saturated heterocycles. The van der Waals surface area contributed by atoms with E-state index in [4.69, 9.17) is 0 Å². The Kier molecular flexibility index (Phi) is 4.83. The van der Waals surface area contributed by atoms with Gasteiger partial charge in [0.25, 0.3) is 5.91 Å². The van der Waals surface area contributed by atoms with Gasteiger partial charge in [0.2, 0.25) is 0 Å². The fourth-order valence-corrected chi connectivity index (χ4v) is 3.67. The molecule has 0 aliphatic carbocycles. The first kappa shape index (κ1) is 16.2. The topological polar surface area (TPSA) is 59.8 Å². The number of hydrogen-bond acceptors (Lipinski definition) is 4. The highest BCUT2D eigenvalue weighted by Gasteiger charge is 2.20. The number of thiazole rings is 1. The summed E-state index contributed by atoms with van der Waals surface area (Å²) in [6, 6.07) is 0. The van der Waals surface area contributed by atoms with Crippen molar-refractivity contribution in [2.24, 2.45) is 7.05 Å². The third-order valence-corrected chi connectivity index (χ3v) is 5.26. The second-order valence-corrected chi connectivity index (χ2v) is 7.60. The quantitative estimate of drug-likeness (QED) is 0.897. The second kappa shape index (κ2) is 6.27. The minimum Gasteiger partial charge on any atom is -0.346 e. The SMILES string of the molecule is Cc1nn(C)c(C)c1CNC(=O)c1nc(Br)sc1C(C)C. The van der Waals surface area contributed by atoms with E-state index in [1.54, 1.807) is 0 Å². The summed E-state index contributed by atoms with van der Waals surface area (Å²) in [6.45, 7) is 8.54. The number of carbonyl (C=O) groups excluding carboxylic acids is 1. The predicted octanol–water partition coefficient (Wildman–Crippen LogP) is 3.31. The molecule has 0 unspecified atom stereocenters. The zero-order valence-electron chi connectivity index (χ0n) is 12.8. The standard InChI is InChI=1S/C14H19BrN4OS/c1-7(2)12-11(17-14(15)21-12)13(20)16-6-10-8(3)18-19(5)9(10)4/h7H,6H2,1-5H3,(H,16,20). The monoisotopic (exact) mass is 370 g/mol. The average Bonchev–Trinajstić information content (AvgIpc) is 2.90. The molecule has 0 bridgehead atoms. The molecule has 114 valence electrons. The fourth-order valence-electron chi connectivity index (χ4n) is 2.18. The minimum absolute atomic E-state index is 0.136. The van der Waals surface area contributed by atoms with E-state index in [-0.39, 0.29) is 11.8 Å². The Morgan fingerprint density at radius 3 is 2.62 bits per heavy atom.